The fourth-order valence-corrected chi connectivity index (χ4v) is 5.33. The van der Waals surface area contributed by atoms with Crippen LogP contribution in [0.1, 0.15) is 51.3 Å². The van der Waals surface area contributed by atoms with Gasteiger partial charge in [-0.05, 0) is 38.8 Å². The number of aryl methyl sites for hydroxylation is 1. The van der Waals surface area contributed by atoms with Gasteiger partial charge in [-0.2, -0.15) is 4.98 Å². The van der Waals surface area contributed by atoms with Gasteiger partial charge in [0, 0.05) is 47.9 Å². The third kappa shape index (κ3) is 5.25. The number of Topliss-reactive ketones (excluding diaryl/α,β-unsaturated/α-hetero) is 1. The first-order valence-electron chi connectivity index (χ1n) is 12.6. The molecule has 3 aromatic rings. The molecule has 39 heavy (non-hydrogen) atoms. The number of likely N-dealkylation sites (tertiary alicyclic amines) is 1. The minimum absolute atomic E-state index is 0.0453. The molecule has 204 valence electrons. The molecule has 0 atom stereocenters. The first kappa shape index (κ1) is 26.8. The van der Waals surface area contributed by atoms with E-state index < -0.39 is 0 Å². The highest BCUT2D eigenvalue weighted by Crippen LogP contribution is 2.41. The summed E-state index contributed by atoms with van der Waals surface area (Å²) in [5.74, 6) is 0.548. The van der Waals surface area contributed by atoms with E-state index in [2.05, 4.69) is 19.9 Å². The molecule has 0 unspecified atom stereocenters. The molecule has 1 fully saturated rings. The van der Waals surface area contributed by atoms with Gasteiger partial charge in [0.15, 0.2) is 11.6 Å². The SMILES string of the molecule is COc1c(C)cnc(CN2C(=O)/C(=C\c3cc(C(=O)CN4CCC(O)CC4)c[nH]3)c3c(Cl)nc(N)nc32)c1C. The molecule has 0 saturated carbocycles. The van der Waals surface area contributed by atoms with E-state index >= 15 is 0 Å². The van der Waals surface area contributed by atoms with Crippen LogP contribution in [0.5, 0.6) is 5.75 Å². The molecule has 5 heterocycles. The van der Waals surface area contributed by atoms with Crippen LogP contribution in [-0.4, -0.2) is 74.5 Å². The van der Waals surface area contributed by atoms with Gasteiger partial charge in [-0.15, -0.1) is 0 Å². The number of halogens is 1. The van der Waals surface area contributed by atoms with E-state index in [4.69, 9.17) is 22.1 Å². The number of hydrogen-bond donors (Lipinski definition) is 3. The lowest BCUT2D eigenvalue weighted by molar-refractivity contribution is -0.113. The van der Waals surface area contributed by atoms with Crippen molar-refractivity contribution >= 4 is 46.7 Å². The van der Waals surface area contributed by atoms with Crippen LogP contribution in [0.25, 0.3) is 11.6 Å². The number of ether oxygens (including phenoxy) is 1. The number of nitrogens with zero attached hydrogens (tertiary/aromatic N) is 5. The third-order valence-corrected chi connectivity index (χ3v) is 7.45. The van der Waals surface area contributed by atoms with Gasteiger partial charge in [0.25, 0.3) is 5.91 Å². The number of ketones is 1. The van der Waals surface area contributed by atoms with Crippen LogP contribution in [0.3, 0.4) is 0 Å². The van der Waals surface area contributed by atoms with Crippen molar-refractivity contribution in [3.8, 4) is 5.75 Å². The Morgan fingerprint density at radius 2 is 2.05 bits per heavy atom. The van der Waals surface area contributed by atoms with E-state index in [1.807, 2.05) is 18.7 Å². The van der Waals surface area contributed by atoms with Crippen LogP contribution in [0.4, 0.5) is 11.8 Å². The van der Waals surface area contributed by atoms with Crippen LogP contribution in [0.15, 0.2) is 18.5 Å². The number of carbonyl (C=O) groups excluding carboxylic acids is 2. The Kier molecular flexibility index (Phi) is 7.39. The van der Waals surface area contributed by atoms with Crippen molar-refractivity contribution in [2.75, 3.05) is 37.4 Å². The first-order chi connectivity index (χ1) is 18.7. The highest BCUT2D eigenvalue weighted by atomic mass is 35.5. The van der Waals surface area contributed by atoms with Gasteiger partial charge in [-0.1, -0.05) is 11.6 Å². The number of nitrogens with two attached hydrogens (primary N) is 1. The first-order valence-corrected chi connectivity index (χ1v) is 13.0. The molecule has 4 N–H and O–H groups in total. The number of nitrogens with one attached hydrogen (secondary N) is 1. The maximum Gasteiger partial charge on any atom is 0.260 e. The zero-order chi connectivity index (χ0) is 27.8. The van der Waals surface area contributed by atoms with E-state index in [0.29, 0.717) is 60.0 Å². The van der Waals surface area contributed by atoms with Crippen molar-refractivity contribution in [3.05, 3.63) is 57.3 Å². The second-order valence-corrected chi connectivity index (χ2v) is 10.2. The molecule has 0 spiro atoms. The number of amides is 1. The summed E-state index contributed by atoms with van der Waals surface area (Å²) in [5.41, 5.74) is 9.93. The van der Waals surface area contributed by atoms with Crippen molar-refractivity contribution < 1.29 is 19.4 Å². The molecule has 2 aliphatic rings. The molecule has 0 bridgehead atoms. The average molecular weight is 552 g/mol. The maximum absolute atomic E-state index is 13.7. The monoisotopic (exact) mass is 551 g/mol. The molecule has 0 radical (unpaired) electrons. The number of pyridine rings is 1. The fourth-order valence-electron chi connectivity index (χ4n) is 5.06. The van der Waals surface area contributed by atoms with Crippen LogP contribution < -0.4 is 15.4 Å². The number of rotatable bonds is 7. The second-order valence-electron chi connectivity index (χ2n) is 9.84. The van der Waals surface area contributed by atoms with Crippen molar-refractivity contribution in [2.45, 2.75) is 39.3 Å². The standard InChI is InChI=1S/C27H30ClN7O4/c1-14-10-31-20(15(2)23(14)39-3)12-35-25-22(24(28)32-27(29)33-25)19(26(35)38)9-17-8-16(11-30-17)21(37)13-34-6-4-18(36)5-7-34/h8-11,18,30,36H,4-7,12-13H2,1-3H3,(H2,29,32,33)/b19-9-. The second kappa shape index (κ2) is 10.8. The van der Waals surface area contributed by atoms with Gasteiger partial charge in [0.05, 0.1) is 43.1 Å². The van der Waals surface area contributed by atoms with Gasteiger partial charge in [-0.3, -0.25) is 24.4 Å². The smallest absolute Gasteiger partial charge is 0.260 e. The number of fused-ring (bicyclic) bond motifs is 1. The van der Waals surface area contributed by atoms with Gasteiger partial charge in [-0.25, -0.2) is 4.98 Å². The van der Waals surface area contributed by atoms with Crippen LogP contribution in [-0.2, 0) is 11.3 Å². The Morgan fingerprint density at radius 3 is 2.77 bits per heavy atom. The largest absolute Gasteiger partial charge is 0.496 e. The van der Waals surface area contributed by atoms with Crippen LogP contribution >= 0.6 is 11.6 Å². The summed E-state index contributed by atoms with van der Waals surface area (Å²) in [6, 6.07) is 1.70. The lowest BCUT2D eigenvalue weighted by atomic mass is 10.1. The summed E-state index contributed by atoms with van der Waals surface area (Å²) in [6.45, 7) is 5.53. The Hall–Kier alpha value is -3.80. The minimum Gasteiger partial charge on any atom is -0.496 e. The van der Waals surface area contributed by atoms with Gasteiger partial charge >= 0.3 is 0 Å². The average Bonchev–Trinajstić information content (AvgIpc) is 3.46. The van der Waals surface area contributed by atoms with E-state index in [-0.39, 0.29) is 47.6 Å². The van der Waals surface area contributed by atoms with E-state index in [9.17, 15) is 14.7 Å². The van der Waals surface area contributed by atoms with Gasteiger partial charge in [0.1, 0.15) is 10.9 Å². The molecule has 3 aromatic heterocycles. The molecule has 0 aromatic carbocycles. The molecule has 1 saturated heterocycles. The zero-order valence-corrected chi connectivity index (χ0v) is 22.7. The lowest BCUT2D eigenvalue weighted by Crippen LogP contribution is -2.38. The number of aliphatic hydroxyl groups is 1. The number of methoxy groups -OCH3 is 1. The summed E-state index contributed by atoms with van der Waals surface area (Å²) in [7, 11) is 1.59. The fraction of sp³-hybridized carbons (Fsp3) is 0.370. The number of hydrogen-bond acceptors (Lipinski definition) is 9. The zero-order valence-electron chi connectivity index (χ0n) is 22.0. The number of carbonyl (C=O) groups is 2. The predicted molar refractivity (Wildman–Crippen MR) is 148 cm³/mol. The van der Waals surface area contributed by atoms with Crippen LogP contribution in [0, 0.1) is 13.8 Å². The number of aliphatic hydroxyl groups excluding tert-OH is 1. The molecule has 11 nitrogen and oxygen atoms in total. The van der Waals surface area contributed by atoms with E-state index in [1.165, 1.54) is 4.90 Å². The molecule has 2 aliphatic heterocycles. The quantitative estimate of drug-likeness (QED) is 0.229. The predicted octanol–water partition coefficient (Wildman–Crippen LogP) is 2.79. The summed E-state index contributed by atoms with van der Waals surface area (Å²) < 4.78 is 5.52. The van der Waals surface area contributed by atoms with Crippen molar-refractivity contribution in [2.24, 2.45) is 0 Å². The summed E-state index contributed by atoms with van der Waals surface area (Å²) in [5, 5.41) is 9.76. The van der Waals surface area contributed by atoms with Gasteiger partial charge in [0.2, 0.25) is 5.95 Å². The van der Waals surface area contributed by atoms with E-state index in [1.54, 1.807) is 31.6 Å². The summed E-state index contributed by atoms with van der Waals surface area (Å²) in [6.07, 6.45) is 5.98. The van der Waals surface area contributed by atoms with Crippen LogP contribution in [0.2, 0.25) is 5.15 Å². The summed E-state index contributed by atoms with van der Waals surface area (Å²) in [4.78, 5) is 46.1. The maximum atomic E-state index is 13.7. The Bertz CT molecular complexity index is 1480. The third-order valence-electron chi connectivity index (χ3n) is 7.17. The molecule has 12 heteroatoms. The minimum atomic E-state index is -0.345. The van der Waals surface area contributed by atoms with Gasteiger partial charge < -0.3 is 20.6 Å². The molecule has 5 rings (SSSR count). The Morgan fingerprint density at radius 1 is 1.31 bits per heavy atom. The number of piperidine rings is 1. The number of nitrogen functional groups attached to an aromatic ring is 1. The number of aromatic nitrogens is 4. The molecule has 0 aliphatic carbocycles. The molecule has 1 amide bonds. The molecular formula is C27H30ClN7O4. The highest BCUT2D eigenvalue weighted by Gasteiger charge is 2.37. The van der Waals surface area contributed by atoms with Crippen molar-refractivity contribution in [1.82, 2.24) is 24.8 Å². The normalized spacial score (nSPS) is 17.2. The Balaban J connectivity index is 1.44. The number of anilines is 2. The van der Waals surface area contributed by atoms with Crippen molar-refractivity contribution in [1.29, 1.82) is 0 Å². The highest BCUT2D eigenvalue weighted by molar-refractivity contribution is 6.41. The van der Waals surface area contributed by atoms with Crippen molar-refractivity contribution in [3.63, 3.8) is 0 Å². The Labute approximate surface area is 230 Å². The molecular weight excluding hydrogens is 522 g/mol. The summed E-state index contributed by atoms with van der Waals surface area (Å²) >= 11 is 6.47. The topological polar surface area (TPSA) is 151 Å². The number of H-pyrrole nitrogens is 1. The van der Waals surface area contributed by atoms with E-state index in [0.717, 1.165) is 11.1 Å². The number of aromatic amines is 1. The lowest BCUT2D eigenvalue weighted by Gasteiger charge is -2.28.